The van der Waals surface area contributed by atoms with Crippen LogP contribution in [0.5, 0.6) is 0 Å². The van der Waals surface area contributed by atoms with E-state index in [-0.39, 0.29) is 11.9 Å². The van der Waals surface area contributed by atoms with Crippen LogP contribution >= 0.6 is 0 Å². The molecule has 0 heterocycles. The first-order valence-electron chi connectivity index (χ1n) is 5.91. The molecule has 0 atom stereocenters. The van der Waals surface area contributed by atoms with Crippen LogP contribution in [0, 0.1) is 17.0 Å². The molecule has 0 radical (unpaired) electrons. The molecule has 0 amide bonds. The minimum absolute atomic E-state index is 0.0976. The van der Waals surface area contributed by atoms with E-state index in [4.69, 9.17) is 11.1 Å². The Morgan fingerprint density at radius 2 is 2.06 bits per heavy atom. The zero-order valence-electron chi connectivity index (χ0n) is 10.7. The highest BCUT2D eigenvalue weighted by molar-refractivity contribution is 5.76. The third kappa shape index (κ3) is 4.41. The van der Waals surface area contributed by atoms with Gasteiger partial charge in [-0.1, -0.05) is 0 Å². The lowest BCUT2D eigenvalue weighted by Crippen LogP contribution is -2.33. The van der Waals surface area contributed by atoms with Crippen molar-refractivity contribution in [2.75, 3.05) is 6.54 Å². The zero-order valence-corrected chi connectivity index (χ0v) is 10.7. The van der Waals surface area contributed by atoms with Crippen LogP contribution in [0.2, 0.25) is 0 Å². The molecule has 0 aliphatic carbocycles. The highest BCUT2D eigenvalue weighted by Gasteiger charge is 2.13. The van der Waals surface area contributed by atoms with Crippen molar-refractivity contribution in [1.82, 2.24) is 4.90 Å². The number of amidine groups is 1. The van der Waals surface area contributed by atoms with E-state index in [1.54, 1.807) is 0 Å². The van der Waals surface area contributed by atoms with Gasteiger partial charge < -0.3 is 5.73 Å². The molecule has 5 heteroatoms. The molecule has 0 aliphatic heterocycles. The first kappa shape index (κ1) is 14.6. The fourth-order valence-corrected chi connectivity index (χ4v) is 1.67. The average molecular weight is 255 g/mol. The second-order valence-electron chi connectivity index (χ2n) is 4.58. The van der Waals surface area contributed by atoms with Gasteiger partial charge >= 0.3 is 0 Å². The van der Waals surface area contributed by atoms with E-state index in [1.807, 2.05) is 18.7 Å². The summed E-state index contributed by atoms with van der Waals surface area (Å²) >= 11 is 0. The van der Waals surface area contributed by atoms with Crippen molar-refractivity contribution in [2.45, 2.75) is 32.9 Å². The first-order chi connectivity index (χ1) is 8.40. The van der Waals surface area contributed by atoms with Crippen LogP contribution in [0.1, 0.15) is 25.8 Å². The normalized spacial score (nSPS) is 11.2. The standard InChI is InChI=1S/C13H19F2N3/c1-9(2)18(6-5-13(16)17)8-10-7-11(14)3-4-12(10)15/h3-4,7,9H,5-6,8H2,1-2H3,(H3,16,17). The molecular formula is C13H19F2N3. The monoisotopic (exact) mass is 255 g/mol. The summed E-state index contributed by atoms with van der Waals surface area (Å²) in [5, 5.41) is 7.20. The molecule has 0 spiro atoms. The molecule has 0 aromatic heterocycles. The van der Waals surface area contributed by atoms with E-state index < -0.39 is 11.6 Å². The van der Waals surface area contributed by atoms with E-state index in [0.717, 1.165) is 12.1 Å². The van der Waals surface area contributed by atoms with Gasteiger partial charge in [0.05, 0.1) is 5.84 Å². The Kier molecular flexibility index (Phi) is 5.22. The zero-order chi connectivity index (χ0) is 13.7. The predicted octanol–water partition coefficient (Wildman–Crippen LogP) is 2.50. The van der Waals surface area contributed by atoms with E-state index in [9.17, 15) is 8.78 Å². The molecule has 0 unspecified atom stereocenters. The van der Waals surface area contributed by atoms with Crippen LogP contribution in [0.25, 0.3) is 0 Å². The van der Waals surface area contributed by atoms with Crippen molar-refractivity contribution in [1.29, 1.82) is 5.41 Å². The van der Waals surface area contributed by atoms with E-state index >= 15 is 0 Å². The van der Waals surface area contributed by atoms with Crippen LogP contribution in [0.4, 0.5) is 8.78 Å². The first-order valence-corrected chi connectivity index (χ1v) is 5.91. The van der Waals surface area contributed by atoms with E-state index in [2.05, 4.69) is 0 Å². The topological polar surface area (TPSA) is 53.1 Å². The second kappa shape index (κ2) is 6.44. The summed E-state index contributed by atoms with van der Waals surface area (Å²) in [6, 6.07) is 3.62. The van der Waals surface area contributed by atoms with E-state index in [0.29, 0.717) is 25.1 Å². The molecule has 1 aromatic rings. The van der Waals surface area contributed by atoms with Gasteiger partial charge in [-0.25, -0.2) is 8.78 Å². The smallest absolute Gasteiger partial charge is 0.127 e. The maximum Gasteiger partial charge on any atom is 0.127 e. The molecule has 18 heavy (non-hydrogen) atoms. The number of rotatable bonds is 6. The van der Waals surface area contributed by atoms with Crippen molar-refractivity contribution in [2.24, 2.45) is 5.73 Å². The number of nitrogens with zero attached hydrogens (tertiary/aromatic N) is 1. The molecule has 1 rings (SSSR count). The third-order valence-corrected chi connectivity index (χ3v) is 2.78. The van der Waals surface area contributed by atoms with Gasteiger partial charge in [0, 0.05) is 31.1 Å². The Bertz CT molecular complexity index is 419. The highest BCUT2D eigenvalue weighted by atomic mass is 19.1. The number of hydrogen-bond donors (Lipinski definition) is 2. The molecular weight excluding hydrogens is 236 g/mol. The maximum atomic E-state index is 13.5. The fraction of sp³-hybridized carbons (Fsp3) is 0.462. The Labute approximate surface area is 106 Å². The molecule has 100 valence electrons. The molecule has 1 aromatic carbocycles. The van der Waals surface area contributed by atoms with Gasteiger partial charge in [-0.05, 0) is 32.0 Å². The molecule has 0 bridgehead atoms. The summed E-state index contributed by atoms with van der Waals surface area (Å²) in [5.74, 6) is -0.757. The van der Waals surface area contributed by atoms with Gasteiger partial charge in [0.2, 0.25) is 0 Å². The van der Waals surface area contributed by atoms with Crippen LogP contribution in [0.3, 0.4) is 0 Å². The van der Waals surface area contributed by atoms with Crippen LogP contribution < -0.4 is 5.73 Å². The summed E-state index contributed by atoms with van der Waals surface area (Å²) in [6.45, 7) is 4.81. The van der Waals surface area contributed by atoms with Crippen LogP contribution in [0.15, 0.2) is 18.2 Å². The van der Waals surface area contributed by atoms with Gasteiger partial charge in [-0.15, -0.1) is 0 Å². The molecule has 0 aliphatic rings. The Balaban J connectivity index is 2.76. The quantitative estimate of drug-likeness (QED) is 0.606. The maximum absolute atomic E-state index is 13.5. The van der Waals surface area contributed by atoms with Crippen molar-refractivity contribution < 1.29 is 8.78 Å². The summed E-state index contributed by atoms with van der Waals surface area (Å²) in [5.41, 5.74) is 5.64. The highest BCUT2D eigenvalue weighted by Crippen LogP contribution is 2.14. The fourth-order valence-electron chi connectivity index (χ4n) is 1.67. The minimum atomic E-state index is -0.443. The lowest BCUT2D eigenvalue weighted by molar-refractivity contribution is 0.216. The number of halogens is 2. The Morgan fingerprint density at radius 1 is 1.39 bits per heavy atom. The average Bonchev–Trinajstić information content (AvgIpc) is 2.28. The number of nitrogens with two attached hydrogens (primary N) is 1. The number of benzene rings is 1. The molecule has 0 fully saturated rings. The Morgan fingerprint density at radius 3 is 2.61 bits per heavy atom. The van der Waals surface area contributed by atoms with Gasteiger partial charge in [-0.2, -0.15) is 0 Å². The van der Waals surface area contributed by atoms with E-state index in [1.165, 1.54) is 6.07 Å². The largest absolute Gasteiger partial charge is 0.388 e. The molecule has 3 N–H and O–H groups in total. The number of hydrogen-bond acceptors (Lipinski definition) is 2. The minimum Gasteiger partial charge on any atom is -0.388 e. The third-order valence-electron chi connectivity index (χ3n) is 2.78. The van der Waals surface area contributed by atoms with Crippen molar-refractivity contribution in [3.05, 3.63) is 35.4 Å². The summed E-state index contributed by atoms with van der Waals surface area (Å²) in [4.78, 5) is 1.96. The van der Waals surface area contributed by atoms with Gasteiger partial charge in [-0.3, -0.25) is 10.3 Å². The Hall–Kier alpha value is -1.49. The molecule has 3 nitrogen and oxygen atoms in total. The van der Waals surface area contributed by atoms with Gasteiger partial charge in [0.25, 0.3) is 0 Å². The summed E-state index contributed by atoms with van der Waals surface area (Å²) in [6.07, 6.45) is 0.426. The summed E-state index contributed by atoms with van der Waals surface area (Å²) in [7, 11) is 0. The summed E-state index contributed by atoms with van der Waals surface area (Å²) < 4.78 is 26.6. The predicted molar refractivity (Wildman–Crippen MR) is 68.4 cm³/mol. The molecule has 0 saturated carbocycles. The SMILES string of the molecule is CC(C)N(CCC(=N)N)Cc1cc(F)ccc1F. The lowest BCUT2D eigenvalue weighted by atomic mass is 10.1. The van der Waals surface area contributed by atoms with Crippen LogP contribution in [-0.4, -0.2) is 23.3 Å². The second-order valence-corrected chi connectivity index (χ2v) is 4.58. The van der Waals surface area contributed by atoms with Gasteiger partial charge in [0.1, 0.15) is 11.6 Å². The van der Waals surface area contributed by atoms with Crippen molar-refractivity contribution >= 4 is 5.84 Å². The lowest BCUT2D eigenvalue weighted by Gasteiger charge is -2.26. The van der Waals surface area contributed by atoms with Gasteiger partial charge in [0.15, 0.2) is 0 Å². The molecule has 0 saturated heterocycles. The van der Waals surface area contributed by atoms with Crippen LogP contribution in [-0.2, 0) is 6.54 Å². The number of nitrogens with one attached hydrogen (secondary N) is 1. The van der Waals surface area contributed by atoms with Crippen molar-refractivity contribution in [3.63, 3.8) is 0 Å². The van der Waals surface area contributed by atoms with Crippen molar-refractivity contribution in [3.8, 4) is 0 Å².